The second kappa shape index (κ2) is 12.8. The molecule has 3 aliphatic rings. The van der Waals surface area contributed by atoms with Gasteiger partial charge in [0.25, 0.3) is 0 Å². The molecule has 7 heteroatoms. The molecule has 0 spiro atoms. The smallest absolute Gasteiger partial charge is 0.305 e. The van der Waals surface area contributed by atoms with Crippen LogP contribution in [-0.2, 0) is 29.1 Å². The molecule has 0 N–H and O–H groups in total. The maximum atomic E-state index is 13.1. The predicted molar refractivity (Wildman–Crippen MR) is 157 cm³/mol. The van der Waals surface area contributed by atoms with Gasteiger partial charge in [-0.1, -0.05) is 65.2 Å². The number of hydrogen-bond donors (Lipinski definition) is 0. The Morgan fingerprint density at radius 3 is 2.45 bits per heavy atom. The minimum Gasteiger partial charge on any atom is -0.469 e. The molecule has 1 saturated heterocycles. The maximum absolute atomic E-state index is 13.1. The van der Waals surface area contributed by atoms with Gasteiger partial charge in [-0.25, -0.2) is 18.2 Å². The monoisotopic (exact) mass is 576 g/mol. The molecule has 1 heterocycles. The molecule has 0 amide bonds. The van der Waals surface area contributed by atoms with Crippen molar-refractivity contribution in [3.05, 3.63) is 30.3 Å². The summed E-state index contributed by atoms with van der Waals surface area (Å²) in [4.78, 5) is 24.4. The Morgan fingerprint density at radius 2 is 1.77 bits per heavy atom. The molecule has 2 saturated carbocycles. The van der Waals surface area contributed by atoms with E-state index in [-0.39, 0.29) is 23.1 Å². The van der Waals surface area contributed by atoms with Crippen LogP contribution >= 0.6 is 0 Å². The van der Waals surface area contributed by atoms with Crippen molar-refractivity contribution >= 4 is 15.8 Å². The number of benzene rings is 1. The van der Waals surface area contributed by atoms with Crippen molar-refractivity contribution in [1.29, 1.82) is 0 Å². The lowest BCUT2D eigenvalue weighted by molar-refractivity contribution is -0.336. The normalized spacial score (nSPS) is 35.0. The van der Waals surface area contributed by atoms with E-state index in [1.165, 1.54) is 39.2 Å². The molecule has 6 nitrogen and oxygen atoms in total. The molecule has 40 heavy (non-hydrogen) atoms. The van der Waals surface area contributed by atoms with E-state index in [2.05, 4.69) is 34.6 Å². The molecule has 1 aromatic carbocycles. The largest absolute Gasteiger partial charge is 0.469 e. The van der Waals surface area contributed by atoms with Crippen LogP contribution in [0.3, 0.4) is 0 Å². The van der Waals surface area contributed by atoms with Gasteiger partial charge in [0.1, 0.15) is 11.7 Å². The van der Waals surface area contributed by atoms with Crippen LogP contribution in [0.4, 0.5) is 0 Å². The first-order chi connectivity index (χ1) is 18.9. The molecule has 0 unspecified atom stereocenters. The Bertz CT molecular complexity index is 1090. The van der Waals surface area contributed by atoms with Crippen LogP contribution in [0.25, 0.3) is 0 Å². The van der Waals surface area contributed by atoms with Gasteiger partial charge < -0.3 is 4.74 Å². The molecular weight excluding hydrogens is 524 g/mol. The highest BCUT2D eigenvalue weighted by Crippen LogP contribution is 2.64. The number of methoxy groups -OCH3 is 1. The fourth-order valence-corrected chi connectivity index (χ4v) is 10.3. The Balaban J connectivity index is 1.50. The van der Waals surface area contributed by atoms with Crippen LogP contribution in [0.5, 0.6) is 0 Å². The third-order valence-corrected chi connectivity index (χ3v) is 12.6. The Morgan fingerprint density at radius 1 is 1.05 bits per heavy atom. The van der Waals surface area contributed by atoms with E-state index in [4.69, 9.17) is 14.5 Å². The SMILES string of the molecule is COC(=O)CC[C@H]1[C@@H]2CC[C@H]([C@H](C)CCCC(C)C)[C@@]2(C)CC[C@@H]1[C@@]1(C)C[C@@H](CS(=O)(=O)c2ccccc2)OO1. The highest BCUT2D eigenvalue weighted by Gasteiger charge is 2.59. The number of carbonyl (C=O) groups is 1. The summed E-state index contributed by atoms with van der Waals surface area (Å²) >= 11 is 0. The summed E-state index contributed by atoms with van der Waals surface area (Å²) in [7, 11) is -2.02. The lowest BCUT2D eigenvalue weighted by Gasteiger charge is -2.53. The highest BCUT2D eigenvalue weighted by molar-refractivity contribution is 7.91. The number of esters is 1. The van der Waals surface area contributed by atoms with Gasteiger partial charge in [-0.05, 0) is 92.1 Å². The molecule has 1 aromatic rings. The number of ether oxygens (including phenoxy) is 1. The minimum absolute atomic E-state index is 0.0940. The summed E-state index contributed by atoms with van der Waals surface area (Å²) in [5.41, 5.74) is -0.333. The molecule has 0 bridgehead atoms. The fourth-order valence-electron chi connectivity index (χ4n) is 8.83. The van der Waals surface area contributed by atoms with E-state index in [0.717, 1.165) is 25.2 Å². The van der Waals surface area contributed by atoms with Gasteiger partial charge in [0, 0.05) is 12.8 Å². The Labute approximate surface area is 242 Å². The van der Waals surface area contributed by atoms with Crippen molar-refractivity contribution < 1.29 is 27.7 Å². The van der Waals surface area contributed by atoms with Crippen molar-refractivity contribution in [1.82, 2.24) is 0 Å². The fraction of sp³-hybridized carbons (Fsp3) is 0.788. The molecule has 8 atom stereocenters. The number of sulfone groups is 1. The number of rotatable bonds is 12. The van der Waals surface area contributed by atoms with Crippen molar-refractivity contribution in [3.63, 3.8) is 0 Å². The third-order valence-electron chi connectivity index (χ3n) is 10.8. The lowest BCUT2D eigenvalue weighted by atomic mass is 9.53. The predicted octanol–water partition coefficient (Wildman–Crippen LogP) is 7.41. The van der Waals surface area contributed by atoms with E-state index in [9.17, 15) is 13.2 Å². The molecule has 3 fully saturated rings. The zero-order chi connectivity index (χ0) is 29.1. The first-order valence-corrected chi connectivity index (χ1v) is 17.2. The summed E-state index contributed by atoms with van der Waals surface area (Å²) in [6.45, 7) is 11.7. The van der Waals surface area contributed by atoms with Crippen LogP contribution in [0.2, 0.25) is 0 Å². The van der Waals surface area contributed by atoms with Crippen LogP contribution in [0.1, 0.15) is 98.8 Å². The van der Waals surface area contributed by atoms with Crippen molar-refractivity contribution in [3.8, 4) is 0 Å². The molecule has 4 rings (SSSR count). The Hall–Kier alpha value is -1.44. The zero-order valence-corrected chi connectivity index (χ0v) is 26.4. The second-order valence-electron chi connectivity index (χ2n) is 13.9. The van der Waals surface area contributed by atoms with Crippen LogP contribution in [-0.4, -0.2) is 39.0 Å². The molecule has 2 aliphatic carbocycles. The summed E-state index contributed by atoms with van der Waals surface area (Å²) in [6, 6.07) is 8.57. The van der Waals surface area contributed by atoms with Gasteiger partial charge in [0.15, 0.2) is 9.84 Å². The van der Waals surface area contributed by atoms with Crippen LogP contribution in [0, 0.1) is 40.9 Å². The summed E-state index contributed by atoms with van der Waals surface area (Å²) in [5, 5.41) is 0. The summed E-state index contributed by atoms with van der Waals surface area (Å²) in [5.74, 6) is 2.91. The number of fused-ring (bicyclic) bond motifs is 1. The van der Waals surface area contributed by atoms with E-state index < -0.39 is 21.5 Å². The van der Waals surface area contributed by atoms with E-state index in [1.54, 1.807) is 24.3 Å². The van der Waals surface area contributed by atoms with Gasteiger partial charge in [-0.15, -0.1) is 0 Å². The first-order valence-electron chi connectivity index (χ1n) is 15.6. The molecular formula is C33H52O6S. The van der Waals surface area contributed by atoms with Crippen molar-refractivity contribution in [2.45, 2.75) is 115 Å². The maximum Gasteiger partial charge on any atom is 0.305 e. The molecule has 1 aliphatic heterocycles. The van der Waals surface area contributed by atoms with E-state index >= 15 is 0 Å². The van der Waals surface area contributed by atoms with Crippen molar-refractivity contribution in [2.75, 3.05) is 12.9 Å². The third kappa shape index (κ3) is 6.78. The topological polar surface area (TPSA) is 78.9 Å². The van der Waals surface area contributed by atoms with Gasteiger partial charge in [0.2, 0.25) is 0 Å². The van der Waals surface area contributed by atoms with E-state index in [1.807, 2.05) is 6.07 Å². The Kier molecular flexibility index (Phi) is 10.1. The zero-order valence-electron chi connectivity index (χ0n) is 25.6. The quantitative estimate of drug-likeness (QED) is 0.190. The summed E-state index contributed by atoms with van der Waals surface area (Å²) in [6.07, 6.45) is 9.65. The number of hydrogen-bond acceptors (Lipinski definition) is 6. The summed E-state index contributed by atoms with van der Waals surface area (Å²) < 4.78 is 31.2. The number of carbonyl (C=O) groups excluding carboxylic acids is 1. The standard InChI is InChI=1S/C33H52O6S/c1-23(2)11-10-12-24(3)28-16-17-29-27(15-18-31(34)37-6)30(19-20-32(28,29)4)33(5)21-25(38-39-33)22-40(35,36)26-13-8-7-9-14-26/h7-9,13-14,23-25,27-30H,10-12,15-22H2,1-6H3/t24-,25+,27+,28-,29+,30+,32-,33-/m1/s1. The van der Waals surface area contributed by atoms with Crippen LogP contribution < -0.4 is 0 Å². The van der Waals surface area contributed by atoms with Gasteiger partial charge in [0.05, 0.1) is 17.8 Å². The molecule has 0 radical (unpaired) electrons. The lowest BCUT2D eigenvalue weighted by Crippen LogP contribution is -2.50. The highest BCUT2D eigenvalue weighted by atomic mass is 32.2. The van der Waals surface area contributed by atoms with Crippen LogP contribution in [0.15, 0.2) is 35.2 Å². The average molecular weight is 577 g/mol. The minimum atomic E-state index is -3.48. The molecule has 226 valence electrons. The van der Waals surface area contributed by atoms with Gasteiger partial charge in [-0.2, -0.15) is 0 Å². The van der Waals surface area contributed by atoms with Crippen molar-refractivity contribution in [2.24, 2.45) is 40.9 Å². The van der Waals surface area contributed by atoms with Gasteiger partial charge in [-0.3, -0.25) is 4.79 Å². The van der Waals surface area contributed by atoms with E-state index in [0.29, 0.717) is 41.4 Å². The average Bonchev–Trinajstić information content (AvgIpc) is 3.46. The molecule has 0 aromatic heterocycles. The first kappa shape index (κ1) is 31.5. The second-order valence-corrected chi connectivity index (χ2v) is 16.0. The van der Waals surface area contributed by atoms with Gasteiger partial charge >= 0.3 is 5.97 Å².